The van der Waals surface area contributed by atoms with Gasteiger partial charge in [-0.2, -0.15) is 0 Å². The minimum Gasteiger partial charge on any atom is -0.409 e. The van der Waals surface area contributed by atoms with E-state index in [0.717, 1.165) is 4.47 Å². The molecule has 1 atom stereocenters. The first-order valence-electron chi connectivity index (χ1n) is 5.08. The predicted octanol–water partition coefficient (Wildman–Crippen LogP) is 2.16. The summed E-state index contributed by atoms with van der Waals surface area (Å²) in [5.74, 6) is -0.0353. The van der Waals surface area contributed by atoms with E-state index in [4.69, 9.17) is 10.9 Å². The Morgan fingerprint density at radius 2 is 2.47 bits per heavy atom. The molecule has 1 aromatic rings. The first-order chi connectivity index (χ1) is 8.08. The second-order valence-electron chi connectivity index (χ2n) is 3.47. The SMILES string of the molecule is CCC(C/C(N)=N/O)NC(=O)c1sccc1Br. The lowest BCUT2D eigenvalue weighted by atomic mass is 10.1. The molecule has 0 saturated carbocycles. The fourth-order valence-corrected chi connectivity index (χ4v) is 2.75. The Hall–Kier alpha value is -1.08. The van der Waals surface area contributed by atoms with Crippen LogP contribution in [0.2, 0.25) is 0 Å². The van der Waals surface area contributed by atoms with Gasteiger partial charge >= 0.3 is 0 Å². The molecule has 1 heterocycles. The number of amides is 1. The number of hydrogen-bond acceptors (Lipinski definition) is 4. The van der Waals surface area contributed by atoms with Crippen LogP contribution in [0.15, 0.2) is 21.1 Å². The van der Waals surface area contributed by atoms with Crippen molar-refractivity contribution < 1.29 is 10.0 Å². The van der Waals surface area contributed by atoms with Crippen LogP contribution in [0.3, 0.4) is 0 Å². The van der Waals surface area contributed by atoms with Gasteiger partial charge in [-0.05, 0) is 33.8 Å². The summed E-state index contributed by atoms with van der Waals surface area (Å²) in [6, 6.07) is 1.69. The number of nitrogens with one attached hydrogen (secondary N) is 1. The predicted molar refractivity (Wildman–Crippen MR) is 71.6 cm³/mol. The van der Waals surface area contributed by atoms with E-state index < -0.39 is 0 Å². The Morgan fingerprint density at radius 1 is 1.76 bits per heavy atom. The van der Waals surface area contributed by atoms with Gasteiger partial charge in [-0.15, -0.1) is 11.3 Å². The molecule has 0 bridgehead atoms. The van der Waals surface area contributed by atoms with Gasteiger partial charge in [0.05, 0.1) is 0 Å². The van der Waals surface area contributed by atoms with E-state index in [-0.39, 0.29) is 17.8 Å². The van der Waals surface area contributed by atoms with Crippen molar-refractivity contribution in [2.75, 3.05) is 0 Å². The Bertz CT molecular complexity index is 419. The number of halogens is 1. The second-order valence-corrected chi connectivity index (χ2v) is 5.24. The molecule has 7 heteroatoms. The van der Waals surface area contributed by atoms with Crippen molar-refractivity contribution >= 4 is 39.0 Å². The smallest absolute Gasteiger partial charge is 0.262 e. The highest BCUT2D eigenvalue weighted by molar-refractivity contribution is 9.10. The highest BCUT2D eigenvalue weighted by atomic mass is 79.9. The van der Waals surface area contributed by atoms with Gasteiger partial charge in [0.1, 0.15) is 10.7 Å². The highest BCUT2D eigenvalue weighted by Crippen LogP contribution is 2.22. The normalized spacial score (nSPS) is 13.4. The summed E-state index contributed by atoms with van der Waals surface area (Å²) in [7, 11) is 0. The molecule has 0 fully saturated rings. The largest absolute Gasteiger partial charge is 0.409 e. The van der Waals surface area contributed by atoms with Crippen LogP contribution >= 0.6 is 27.3 Å². The summed E-state index contributed by atoms with van der Waals surface area (Å²) in [4.78, 5) is 12.5. The lowest BCUT2D eigenvalue weighted by Gasteiger charge is -2.15. The molecule has 0 radical (unpaired) electrons. The van der Waals surface area contributed by atoms with Crippen molar-refractivity contribution in [3.63, 3.8) is 0 Å². The van der Waals surface area contributed by atoms with Crippen molar-refractivity contribution in [1.82, 2.24) is 5.32 Å². The number of oxime groups is 1. The number of hydrogen-bond donors (Lipinski definition) is 3. The minimum atomic E-state index is -0.149. The van der Waals surface area contributed by atoms with E-state index in [1.807, 2.05) is 18.4 Å². The van der Waals surface area contributed by atoms with E-state index in [2.05, 4.69) is 26.4 Å². The van der Waals surface area contributed by atoms with E-state index >= 15 is 0 Å². The number of nitrogens with zero attached hydrogens (tertiary/aromatic N) is 1. The van der Waals surface area contributed by atoms with Crippen LogP contribution in [-0.2, 0) is 0 Å². The van der Waals surface area contributed by atoms with Crippen LogP contribution in [0.1, 0.15) is 29.4 Å². The first-order valence-corrected chi connectivity index (χ1v) is 6.76. The molecular weight excluding hydrogens is 306 g/mol. The molecule has 1 amide bonds. The maximum Gasteiger partial charge on any atom is 0.262 e. The number of carbonyl (C=O) groups excluding carboxylic acids is 1. The molecule has 1 rings (SSSR count). The third-order valence-electron chi connectivity index (χ3n) is 2.24. The molecule has 1 unspecified atom stereocenters. The zero-order valence-electron chi connectivity index (χ0n) is 9.31. The maximum absolute atomic E-state index is 11.9. The quantitative estimate of drug-likeness (QED) is 0.336. The summed E-state index contributed by atoms with van der Waals surface area (Å²) in [5.41, 5.74) is 5.42. The van der Waals surface area contributed by atoms with Gasteiger partial charge in [0.15, 0.2) is 0 Å². The molecule has 0 saturated heterocycles. The minimum absolute atomic E-state index is 0.113. The Kier molecular flexibility index (Phi) is 5.43. The molecule has 1 aromatic heterocycles. The molecule has 4 N–H and O–H groups in total. The number of carbonyl (C=O) groups is 1. The van der Waals surface area contributed by atoms with Crippen molar-refractivity contribution in [2.24, 2.45) is 10.9 Å². The molecule has 0 aliphatic heterocycles. The van der Waals surface area contributed by atoms with Crippen LogP contribution < -0.4 is 11.1 Å². The lowest BCUT2D eigenvalue weighted by Crippen LogP contribution is -2.37. The van der Waals surface area contributed by atoms with E-state index in [9.17, 15) is 4.79 Å². The molecule has 94 valence electrons. The zero-order valence-corrected chi connectivity index (χ0v) is 11.7. The van der Waals surface area contributed by atoms with Crippen molar-refractivity contribution in [1.29, 1.82) is 0 Å². The van der Waals surface area contributed by atoms with E-state index in [1.165, 1.54) is 11.3 Å². The van der Waals surface area contributed by atoms with Gasteiger partial charge in [-0.1, -0.05) is 12.1 Å². The molecule has 0 aliphatic carbocycles. The third kappa shape index (κ3) is 4.01. The number of thiophene rings is 1. The molecular formula is C10H14BrN3O2S. The van der Waals surface area contributed by atoms with Gasteiger partial charge in [-0.25, -0.2) is 0 Å². The molecule has 5 nitrogen and oxygen atoms in total. The summed E-state index contributed by atoms with van der Waals surface area (Å²) in [6.07, 6.45) is 1.05. The number of nitrogens with two attached hydrogens (primary N) is 1. The molecule has 0 aromatic carbocycles. The monoisotopic (exact) mass is 319 g/mol. The highest BCUT2D eigenvalue weighted by Gasteiger charge is 2.16. The average Bonchev–Trinajstić information content (AvgIpc) is 2.74. The second kappa shape index (κ2) is 6.61. The summed E-state index contributed by atoms with van der Waals surface area (Å²) in [5, 5.41) is 16.1. The van der Waals surface area contributed by atoms with Crippen molar-refractivity contribution in [2.45, 2.75) is 25.8 Å². The Labute approximate surface area is 112 Å². The summed E-state index contributed by atoms with van der Waals surface area (Å²) >= 11 is 4.67. The fourth-order valence-electron chi connectivity index (χ4n) is 1.30. The van der Waals surface area contributed by atoms with Gasteiger partial charge in [0.2, 0.25) is 0 Å². The van der Waals surface area contributed by atoms with Gasteiger partial charge in [0.25, 0.3) is 5.91 Å². The zero-order chi connectivity index (χ0) is 12.8. The van der Waals surface area contributed by atoms with E-state index in [0.29, 0.717) is 17.7 Å². The van der Waals surface area contributed by atoms with Gasteiger partial charge in [-0.3, -0.25) is 4.79 Å². The van der Waals surface area contributed by atoms with Crippen molar-refractivity contribution in [3.8, 4) is 0 Å². The number of rotatable bonds is 5. The van der Waals surface area contributed by atoms with Gasteiger partial charge < -0.3 is 16.3 Å². The van der Waals surface area contributed by atoms with Gasteiger partial charge in [0, 0.05) is 16.9 Å². The first kappa shape index (κ1) is 14.0. The van der Waals surface area contributed by atoms with Crippen LogP contribution in [-0.4, -0.2) is 23.0 Å². The van der Waals surface area contributed by atoms with Crippen molar-refractivity contribution in [3.05, 3.63) is 20.8 Å². The van der Waals surface area contributed by atoms with E-state index in [1.54, 1.807) is 0 Å². The fraction of sp³-hybridized carbons (Fsp3) is 0.400. The average molecular weight is 320 g/mol. The maximum atomic E-state index is 11.9. The molecule has 17 heavy (non-hydrogen) atoms. The Balaban J connectivity index is 2.63. The molecule has 0 spiro atoms. The topological polar surface area (TPSA) is 87.7 Å². The van der Waals surface area contributed by atoms with Crippen LogP contribution in [0.4, 0.5) is 0 Å². The molecule has 0 aliphatic rings. The van der Waals surface area contributed by atoms with Crippen LogP contribution in [0, 0.1) is 0 Å². The lowest BCUT2D eigenvalue weighted by molar-refractivity contribution is 0.0940. The van der Waals surface area contributed by atoms with Crippen LogP contribution in [0.25, 0.3) is 0 Å². The number of amidine groups is 1. The standard InChI is InChI=1S/C10H14BrN3O2S/c1-2-6(5-8(12)14-16)13-10(15)9-7(11)3-4-17-9/h3-4,6,16H,2,5H2,1H3,(H2,12,14)(H,13,15). The van der Waals surface area contributed by atoms with Crippen LogP contribution in [0.5, 0.6) is 0 Å². The third-order valence-corrected chi connectivity index (χ3v) is 4.07. The Morgan fingerprint density at radius 3 is 2.94 bits per heavy atom. The summed E-state index contributed by atoms with van der Waals surface area (Å²) in [6.45, 7) is 1.93. The summed E-state index contributed by atoms with van der Waals surface area (Å²) < 4.78 is 0.777.